The highest BCUT2D eigenvalue weighted by Crippen LogP contribution is 2.32. The molecule has 0 bridgehead atoms. The van der Waals surface area contributed by atoms with Crippen molar-refractivity contribution >= 4 is 59.1 Å². The van der Waals surface area contributed by atoms with Crippen LogP contribution in [0.1, 0.15) is 185 Å². The highest BCUT2D eigenvalue weighted by Gasteiger charge is 2.44. The van der Waals surface area contributed by atoms with Crippen LogP contribution in [-0.2, 0) is 52.7 Å². The number of likely N-dealkylation sites (N-methyl/N-ethyl adjacent to an activating group) is 2. The Morgan fingerprint density at radius 2 is 1.03 bits per heavy atom. The number of alkyl halides is 1. The normalized spacial score (nSPS) is 30.0. The molecule has 1 unspecified atom stereocenters. The quantitative estimate of drug-likeness (QED) is 0.0648. The number of hydrogen-bond acceptors (Lipinski definition) is 16. The van der Waals surface area contributed by atoms with Gasteiger partial charge in [0.25, 0.3) is 0 Å². The zero-order valence-corrected chi connectivity index (χ0v) is 58.2. The summed E-state index contributed by atoms with van der Waals surface area (Å²) in [6.07, 6.45) is 5.43. The molecule has 4 rings (SSSR count). The number of hydrogen-bond donors (Lipinski definition) is 11. The van der Waals surface area contributed by atoms with Crippen molar-refractivity contribution in [1.29, 1.82) is 0 Å². The van der Waals surface area contributed by atoms with Gasteiger partial charge in [0.15, 0.2) is 0 Å². The summed E-state index contributed by atoms with van der Waals surface area (Å²) in [5, 5.41) is 33.4. The lowest BCUT2D eigenvalue weighted by molar-refractivity contribution is -0.147. The van der Waals surface area contributed by atoms with Crippen LogP contribution in [0.4, 0.5) is 4.39 Å². The van der Waals surface area contributed by atoms with E-state index in [1.165, 1.54) is 23.8 Å². The van der Waals surface area contributed by atoms with E-state index in [1.807, 2.05) is 39.5 Å². The van der Waals surface area contributed by atoms with Crippen molar-refractivity contribution in [2.75, 3.05) is 60.0 Å². The largest absolute Gasteiger partial charge is 0.391 e. The van der Waals surface area contributed by atoms with E-state index < -0.39 is 176 Å². The van der Waals surface area contributed by atoms with E-state index in [-0.39, 0.29) is 44.2 Å². The number of ether oxygens (including phenoxy) is 1. The number of nitrogens with one attached hydrogen (secondary N) is 8. The Morgan fingerprint density at radius 3 is 1.55 bits per heavy atom. The summed E-state index contributed by atoms with van der Waals surface area (Å²) in [4.78, 5) is 154. The molecule has 0 spiro atoms. The molecule has 2 aliphatic carbocycles. The minimum absolute atomic E-state index is 0.0113. The van der Waals surface area contributed by atoms with Crippen molar-refractivity contribution in [2.24, 2.45) is 35.1 Å². The van der Waals surface area contributed by atoms with Gasteiger partial charge >= 0.3 is 0 Å². The highest BCUT2D eigenvalue weighted by atomic mass is 19.1. The van der Waals surface area contributed by atoms with E-state index >= 15 is 19.2 Å². The predicted molar refractivity (Wildman–Crippen MR) is 353 cm³/mol. The Bertz CT molecular complexity index is 2440. The third kappa shape index (κ3) is 24.2. The average molecular weight is 1320 g/mol. The van der Waals surface area contributed by atoms with Crippen molar-refractivity contribution in [3.63, 3.8) is 0 Å². The number of amides is 10. The smallest absolute Gasteiger partial charge is 0.245 e. The number of nitrogens with zero attached hydrogens (tertiary/aromatic N) is 4. The molecule has 2 heterocycles. The van der Waals surface area contributed by atoms with Crippen molar-refractivity contribution in [3.05, 3.63) is 0 Å². The van der Waals surface area contributed by atoms with Gasteiger partial charge in [-0.3, -0.25) is 62.1 Å². The first-order valence-electron chi connectivity index (χ1n) is 34.8. The number of carbonyl (C=O) groups excluding carboxylic acids is 10. The second kappa shape index (κ2) is 39.4. The lowest BCUT2D eigenvalue weighted by Crippen LogP contribution is -2.64. The van der Waals surface area contributed by atoms with E-state index in [2.05, 4.69) is 47.4 Å². The first-order chi connectivity index (χ1) is 44.0. The van der Waals surface area contributed by atoms with Gasteiger partial charge in [-0.2, -0.15) is 0 Å². The molecule has 0 aromatic rings. The highest BCUT2D eigenvalue weighted by molar-refractivity contribution is 5.98. The summed E-state index contributed by atoms with van der Waals surface area (Å²) in [5.74, 6) is -7.24. The van der Waals surface area contributed by atoms with Crippen LogP contribution in [-0.4, -0.2) is 235 Å². The van der Waals surface area contributed by atoms with E-state index in [0.717, 1.165) is 38.5 Å². The standard InChI is InChI=1S/C66H119FN14O12/c1-14-17-25-50-66(92)78(12)51(31-38(4)5)59(85)74-53(39(6)16-3)61(87)72-48(34-69)58(84)76-55(63(89)71-41(8)36-81(50)37-45-27-28-45)44(11)93-42(9)32-52-60(86)77-56(46-23-20-19-21-24-46)64(90)73-47(33-68)57(83)75-54(43(10)82)62(88)70-40(7)35-80(30-18-15-2)49(26-22-29-67)65(91)79(52)13/h38-56,82H,14-37,68-69H2,1-13H3,(H,70,88)(H,71,89)(H,72,87)(H,73,90)(H,74,85)(H,75,83)(H,76,84)(H,77,86)/t39-,40-,41-,42?,43+,44+,47+,48+,49+,50+,51+,52+,53+,54+,55+,56+/m1/s1. The van der Waals surface area contributed by atoms with Gasteiger partial charge in [0.1, 0.15) is 48.3 Å². The fourth-order valence-corrected chi connectivity index (χ4v) is 13.0. The second-order valence-electron chi connectivity index (χ2n) is 27.6. The first-order valence-corrected chi connectivity index (χ1v) is 34.8. The molecular weight excluding hydrogens is 1200 g/mol. The van der Waals surface area contributed by atoms with Crippen molar-refractivity contribution in [2.45, 2.75) is 276 Å². The lowest BCUT2D eigenvalue weighted by atomic mass is 9.83. The molecule has 2 saturated carbocycles. The van der Waals surface area contributed by atoms with Crippen LogP contribution < -0.4 is 54.0 Å². The maximum atomic E-state index is 15.4. The monoisotopic (exact) mass is 1320 g/mol. The molecule has 13 N–H and O–H groups in total. The van der Waals surface area contributed by atoms with Gasteiger partial charge in [-0.05, 0) is 123 Å². The fourth-order valence-electron chi connectivity index (χ4n) is 13.0. The number of halogens is 1. The van der Waals surface area contributed by atoms with Gasteiger partial charge in [0.05, 0.1) is 37.1 Å². The number of aliphatic hydroxyl groups excluding tert-OH is 1. The molecule has 27 heteroatoms. The van der Waals surface area contributed by atoms with Gasteiger partial charge in [-0.15, -0.1) is 0 Å². The topological polar surface area (TPSA) is 361 Å². The summed E-state index contributed by atoms with van der Waals surface area (Å²) in [7, 11) is 3.07. The molecule has 93 heavy (non-hydrogen) atoms. The van der Waals surface area contributed by atoms with E-state index in [1.54, 1.807) is 41.7 Å². The average Bonchev–Trinajstić information content (AvgIpc) is 1.07. The summed E-state index contributed by atoms with van der Waals surface area (Å²) in [6.45, 7) is 19.1. The summed E-state index contributed by atoms with van der Waals surface area (Å²) < 4.78 is 21.0. The molecule has 16 atom stereocenters. The number of rotatable bonds is 24. The summed E-state index contributed by atoms with van der Waals surface area (Å²) in [5.41, 5.74) is 12.4. The van der Waals surface area contributed by atoms with Gasteiger partial charge in [-0.25, -0.2) is 0 Å². The van der Waals surface area contributed by atoms with Crippen LogP contribution in [0.25, 0.3) is 0 Å². The zero-order chi connectivity index (χ0) is 69.4. The Kier molecular flexibility index (Phi) is 33.8. The van der Waals surface area contributed by atoms with Crippen LogP contribution in [0.5, 0.6) is 0 Å². The maximum absolute atomic E-state index is 15.4. The number of nitrogens with two attached hydrogens (primary N) is 2. The minimum Gasteiger partial charge on any atom is -0.391 e. The van der Waals surface area contributed by atoms with Crippen molar-refractivity contribution in [3.8, 4) is 0 Å². The van der Waals surface area contributed by atoms with Gasteiger partial charge < -0.3 is 73.6 Å². The SMILES string of the molecule is CCCC[C@H]1C(=O)N(C)[C@@H](CC(C)C)C(=O)N[C@@H]([C@H](C)CC)C(=O)N[C@@H](CN)C(=O)N[C@@H]([C@H](C)OC(C)C[C@H]2C(=O)N[C@@H](C3CCCCC3)C(=O)N[C@@H](CN)C(=O)N[C@@H]([C@H](C)O)C(=O)N[C@H](C)CN(CCCC)[C@@H](CCCF)C(=O)N2C)C(=O)N[C@H](C)CN1CC1CC1. The van der Waals surface area contributed by atoms with Crippen molar-refractivity contribution in [1.82, 2.24) is 62.1 Å². The van der Waals surface area contributed by atoms with Crippen LogP contribution in [0.15, 0.2) is 0 Å². The Labute approximate surface area is 552 Å². The molecular formula is C66H119FN14O12. The number of unbranched alkanes of at least 4 members (excludes halogenated alkanes) is 2. The molecule has 532 valence electrons. The summed E-state index contributed by atoms with van der Waals surface area (Å²) in [6, 6.07) is -13.7. The van der Waals surface area contributed by atoms with Crippen LogP contribution in [0.3, 0.4) is 0 Å². The Balaban J connectivity index is 1.86. The van der Waals surface area contributed by atoms with E-state index in [0.29, 0.717) is 70.4 Å². The molecule has 0 aromatic carbocycles. The first kappa shape index (κ1) is 79.8. The zero-order valence-electron chi connectivity index (χ0n) is 58.2. The Hall–Kier alpha value is -5.61. The van der Waals surface area contributed by atoms with Crippen LogP contribution in [0, 0.1) is 23.7 Å². The number of carbonyl (C=O) groups is 10. The lowest BCUT2D eigenvalue weighted by Gasteiger charge is -2.39. The molecule has 10 amide bonds. The molecule has 0 radical (unpaired) electrons. The molecule has 4 aliphatic rings. The third-order valence-corrected chi connectivity index (χ3v) is 19.0. The van der Waals surface area contributed by atoms with E-state index in [9.17, 15) is 38.3 Å². The maximum Gasteiger partial charge on any atom is 0.245 e. The third-order valence-electron chi connectivity index (χ3n) is 19.0. The summed E-state index contributed by atoms with van der Waals surface area (Å²) >= 11 is 0. The van der Waals surface area contributed by atoms with Crippen LogP contribution in [0.2, 0.25) is 0 Å². The molecule has 4 fully saturated rings. The molecule has 26 nitrogen and oxygen atoms in total. The number of aliphatic hydroxyl groups is 1. The van der Waals surface area contributed by atoms with Crippen LogP contribution >= 0.6 is 0 Å². The predicted octanol–water partition coefficient (Wildman–Crippen LogP) is 1.23. The fraction of sp³-hybridized carbons (Fsp3) is 0.848. The molecule has 0 aromatic heterocycles. The van der Waals surface area contributed by atoms with E-state index in [4.69, 9.17) is 16.2 Å². The minimum atomic E-state index is -1.50. The van der Waals surface area contributed by atoms with Gasteiger partial charge in [0.2, 0.25) is 59.1 Å². The Morgan fingerprint density at radius 1 is 0.548 bits per heavy atom. The van der Waals surface area contributed by atoms with Crippen molar-refractivity contribution < 1.29 is 62.2 Å². The molecule has 2 aliphatic heterocycles. The second-order valence-corrected chi connectivity index (χ2v) is 27.6. The van der Waals surface area contributed by atoms with Gasteiger partial charge in [-0.1, -0.05) is 86.5 Å². The molecule has 2 saturated heterocycles. The van der Waals surface area contributed by atoms with Gasteiger partial charge in [0, 0.05) is 65.3 Å².